The van der Waals surface area contributed by atoms with Gasteiger partial charge in [-0.25, -0.2) is 9.59 Å². The fraction of sp³-hybridized carbons (Fsp3) is 0.857. The molecule has 0 aromatic heterocycles. The molecule has 28 heavy (non-hydrogen) atoms. The molecule has 0 bridgehead atoms. The Bertz CT molecular complexity index is 678. The second-order valence-corrected chi connectivity index (χ2v) is 7.86. The molecule has 0 aromatic carbocycles. The molecular weight excluding hydrogens is 426 g/mol. The van der Waals surface area contributed by atoms with E-state index in [1.54, 1.807) is 6.92 Å². The maximum atomic E-state index is 13.0. The van der Waals surface area contributed by atoms with Gasteiger partial charge in [0.2, 0.25) is 0 Å². The molecule has 0 atom stereocenters. The Hall–Kier alpha value is -1.57. The molecule has 1 N–H and O–H groups in total. The van der Waals surface area contributed by atoms with Crippen molar-refractivity contribution in [3.63, 3.8) is 0 Å². The fourth-order valence-corrected chi connectivity index (χ4v) is 3.87. The van der Waals surface area contributed by atoms with Gasteiger partial charge in [-0.05, 0) is 32.1 Å². The third kappa shape index (κ3) is 4.53. The highest BCUT2D eigenvalue weighted by molar-refractivity contribution is 7.88. The first-order valence-electron chi connectivity index (χ1n) is 8.03. The van der Waals surface area contributed by atoms with E-state index < -0.39 is 51.4 Å². The molecule has 0 spiro atoms. The van der Waals surface area contributed by atoms with Crippen LogP contribution in [0.2, 0.25) is 0 Å². The summed E-state index contributed by atoms with van der Waals surface area (Å²) < 4.78 is 111. The van der Waals surface area contributed by atoms with E-state index in [9.17, 15) is 44.3 Å². The van der Waals surface area contributed by atoms with Crippen LogP contribution in [0, 0.1) is 0 Å². The number of rotatable bonds is 6. The van der Waals surface area contributed by atoms with Crippen molar-refractivity contribution in [1.82, 2.24) is 0 Å². The minimum absolute atomic E-state index is 0.312. The molecule has 0 heterocycles. The second-order valence-electron chi connectivity index (χ2n) is 6.30. The Kier molecular flexibility index (Phi) is 7.03. The third-order valence-corrected chi connectivity index (χ3v) is 5.94. The summed E-state index contributed by atoms with van der Waals surface area (Å²) in [6, 6.07) is 0. The van der Waals surface area contributed by atoms with Gasteiger partial charge in [-0.1, -0.05) is 13.3 Å². The van der Waals surface area contributed by atoms with Gasteiger partial charge in [-0.15, -0.1) is 0 Å². The number of hydrogen-bond acceptors (Lipinski definition) is 6. The molecule has 0 aliphatic heterocycles. The van der Waals surface area contributed by atoms with Crippen LogP contribution in [0.25, 0.3) is 0 Å². The van der Waals surface area contributed by atoms with Crippen LogP contribution in [-0.2, 0) is 29.2 Å². The molecule has 7 nitrogen and oxygen atoms in total. The van der Waals surface area contributed by atoms with Crippen molar-refractivity contribution >= 4 is 22.1 Å². The molecule has 0 radical (unpaired) electrons. The zero-order chi connectivity index (χ0) is 22.0. The summed E-state index contributed by atoms with van der Waals surface area (Å²) in [6.07, 6.45) is -10.3. The van der Waals surface area contributed by atoms with Gasteiger partial charge in [0.25, 0.3) is 0 Å². The average Bonchev–Trinajstić information content (AvgIpc) is 2.50. The standard InChI is InChI=1S/C14H18F6O7S/c1-2-11(6-4-3-5-7-11)27-9(21)8-26-10(22)12(13(15,16)17,14(18,19)20)28(23,24)25/h2-8H2,1H3,(H,23,24,25). The highest BCUT2D eigenvalue weighted by Gasteiger charge is 2.84. The zero-order valence-corrected chi connectivity index (χ0v) is 15.3. The minimum Gasteiger partial charge on any atom is -0.457 e. The van der Waals surface area contributed by atoms with Gasteiger partial charge in [-0.3, -0.25) is 4.55 Å². The van der Waals surface area contributed by atoms with Gasteiger partial charge in [0.05, 0.1) is 0 Å². The number of esters is 2. The van der Waals surface area contributed by atoms with E-state index in [0.717, 1.165) is 6.42 Å². The number of ether oxygens (including phenoxy) is 2. The van der Waals surface area contributed by atoms with Gasteiger partial charge in [0, 0.05) is 0 Å². The van der Waals surface area contributed by atoms with E-state index in [0.29, 0.717) is 32.1 Å². The summed E-state index contributed by atoms with van der Waals surface area (Å²) in [6.45, 7) is -0.0364. The van der Waals surface area contributed by atoms with Crippen LogP contribution in [0.4, 0.5) is 26.3 Å². The number of carbonyl (C=O) groups is 2. The summed E-state index contributed by atoms with van der Waals surface area (Å²) in [4.78, 5) is 23.3. The molecule has 14 heteroatoms. The molecule has 1 saturated carbocycles. The fourth-order valence-electron chi connectivity index (χ4n) is 3.01. The lowest BCUT2D eigenvalue weighted by Gasteiger charge is -2.36. The molecule has 0 saturated heterocycles. The molecule has 0 amide bonds. The van der Waals surface area contributed by atoms with Crippen LogP contribution in [0.3, 0.4) is 0 Å². The highest BCUT2D eigenvalue weighted by Crippen LogP contribution is 2.49. The molecule has 164 valence electrons. The van der Waals surface area contributed by atoms with Crippen LogP contribution in [0.1, 0.15) is 45.4 Å². The Balaban J connectivity index is 3.06. The monoisotopic (exact) mass is 444 g/mol. The van der Waals surface area contributed by atoms with Crippen molar-refractivity contribution in [1.29, 1.82) is 0 Å². The van der Waals surface area contributed by atoms with Crippen molar-refractivity contribution in [3.05, 3.63) is 0 Å². The van der Waals surface area contributed by atoms with Crippen LogP contribution in [0.5, 0.6) is 0 Å². The summed E-state index contributed by atoms with van der Waals surface area (Å²) >= 11 is 0. The lowest BCUT2D eigenvalue weighted by atomic mass is 9.83. The SMILES string of the molecule is CCC1(OC(=O)COC(=O)C(C(F)(F)F)(C(F)(F)F)S(=O)(=O)O)CCCCC1. The van der Waals surface area contributed by atoms with Crippen LogP contribution >= 0.6 is 0 Å². The smallest absolute Gasteiger partial charge is 0.430 e. The Morgan fingerprint density at radius 2 is 1.46 bits per heavy atom. The first-order valence-corrected chi connectivity index (χ1v) is 9.47. The van der Waals surface area contributed by atoms with Gasteiger partial charge in [0.15, 0.2) is 6.61 Å². The largest absolute Gasteiger partial charge is 0.457 e. The van der Waals surface area contributed by atoms with Crippen molar-refractivity contribution in [3.8, 4) is 0 Å². The van der Waals surface area contributed by atoms with Crippen molar-refractivity contribution in [2.45, 2.75) is 68.1 Å². The maximum Gasteiger partial charge on any atom is 0.430 e. The van der Waals surface area contributed by atoms with Crippen LogP contribution < -0.4 is 0 Å². The Morgan fingerprint density at radius 1 is 1.00 bits per heavy atom. The molecule has 1 rings (SSSR count). The highest BCUT2D eigenvalue weighted by atomic mass is 32.2. The summed E-state index contributed by atoms with van der Waals surface area (Å²) in [5.74, 6) is -4.84. The van der Waals surface area contributed by atoms with Gasteiger partial charge >= 0.3 is 39.2 Å². The van der Waals surface area contributed by atoms with E-state index in [1.807, 2.05) is 0 Å². The predicted molar refractivity (Wildman–Crippen MR) is 79.5 cm³/mol. The number of alkyl halides is 6. The van der Waals surface area contributed by atoms with E-state index in [-0.39, 0.29) is 0 Å². The second kappa shape index (κ2) is 8.05. The average molecular weight is 444 g/mol. The summed E-state index contributed by atoms with van der Waals surface area (Å²) in [7, 11) is -7.11. The number of carbonyl (C=O) groups excluding carboxylic acids is 2. The van der Waals surface area contributed by atoms with Gasteiger partial charge < -0.3 is 9.47 Å². The molecule has 1 fully saturated rings. The number of hydrogen-bond donors (Lipinski definition) is 1. The van der Waals surface area contributed by atoms with Crippen molar-refractivity contribution < 1.29 is 58.4 Å². The molecule has 1 aliphatic carbocycles. The van der Waals surface area contributed by atoms with Gasteiger partial charge in [0.1, 0.15) is 5.60 Å². The minimum atomic E-state index is -7.11. The predicted octanol–water partition coefficient (Wildman–Crippen LogP) is 2.94. The number of halogens is 6. The molecule has 1 aliphatic rings. The normalized spacial score (nSPS) is 18.4. The lowest BCUT2D eigenvalue weighted by Crippen LogP contribution is -2.67. The summed E-state index contributed by atoms with van der Waals surface area (Å²) in [5, 5.41) is 0. The van der Waals surface area contributed by atoms with E-state index >= 15 is 0 Å². The van der Waals surface area contributed by atoms with E-state index in [1.165, 1.54) is 0 Å². The molecule has 0 aromatic rings. The molecular formula is C14H18F6O7S. The molecule has 0 unspecified atom stereocenters. The quantitative estimate of drug-likeness (QED) is 0.381. The van der Waals surface area contributed by atoms with Crippen LogP contribution in [-0.4, -0.2) is 54.2 Å². The summed E-state index contributed by atoms with van der Waals surface area (Å²) in [5.41, 5.74) is -0.990. The first kappa shape index (κ1) is 24.5. The van der Waals surface area contributed by atoms with E-state index in [2.05, 4.69) is 4.74 Å². The topological polar surface area (TPSA) is 107 Å². The van der Waals surface area contributed by atoms with Crippen molar-refractivity contribution in [2.24, 2.45) is 0 Å². The zero-order valence-electron chi connectivity index (χ0n) is 14.5. The first-order chi connectivity index (χ1) is 12.5. The Morgan fingerprint density at radius 3 is 1.82 bits per heavy atom. The van der Waals surface area contributed by atoms with Crippen LogP contribution in [0.15, 0.2) is 0 Å². The van der Waals surface area contributed by atoms with Crippen molar-refractivity contribution in [2.75, 3.05) is 6.61 Å². The lowest BCUT2D eigenvalue weighted by molar-refractivity contribution is -0.269. The maximum absolute atomic E-state index is 13.0. The Labute approximate surface area is 156 Å². The van der Waals surface area contributed by atoms with E-state index in [4.69, 9.17) is 9.29 Å². The van der Waals surface area contributed by atoms with Gasteiger partial charge in [-0.2, -0.15) is 34.8 Å². The third-order valence-electron chi connectivity index (χ3n) is 4.53.